The average Bonchev–Trinajstić information content (AvgIpc) is 3.49. The molecule has 0 radical (unpaired) electrons. The summed E-state index contributed by atoms with van der Waals surface area (Å²) in [5, 5.41) is 10.5. The largest absolute Gasteiger partial charge is 0.487 e. The van der Waals surface area contributed by atoms with Gasteiger partial charge in [0.25, 0.3) is 0 Å². The third-order valence-electron chi connectivity index (χ3n) is 11.2. The highest BCUT2D eigenvalue weighted by molar-refractivity contribution is 6.39. The number of pyridine rings is 2. The number of ether oxygens (including phenoxy) is 2. The van der Waals surface area contributed by atoms with E-state index in [1.807, 2.05) is 74.5 Å². The SMILES string of the molecule is Cc1ccc2cccc(OCc3c(Cl)ccc(N(C)C(=O)CNC4CCCC(NCC(=O)N(C)c5ccc(Cl)c(COc6cccc7ccc(C)nc67)c5Cl)CC4)c3Cl)c2n1. The number of anilines is 2. The molecule has 2 unspecified atom stereocenters. The van der Waals surface area contributed by atoms with Gasteiger partial charge in [-0.25, -0.2) is 9.97 Å². The highest BCUT2D eigenvalue weighted by Crippen LogP contribution is 2.37. The van der Waals surface area contributed by atoms with Gasteiger partial charge >= 0.3 is 0 Å². The molecule has 0 bridgehead atoms. The van der Waals surface area contributed by atoms with Gasteiger partial charge in [0.05, 0.1) is 34.5 Å². The summed E-state index contributed by atoms with van der Waals surface area (Å²) in [5.41, 5.74) is 5.54. The lowest BCUT2D eigenvalue weighted by Crippen LogP contribution is -2.41. The number of halogens is 4. The van der Waals surface area contributed by atoms with E-state index in [9.17, 15) is 9.59 Å². The van der Waals surface area contributed by atoms with Crippen LogP contribution in [0.15, 0.2) is 84.9 Å². The van der Waals surface area contributed by atoms with Crippen molar-refractivity contribution in [2.45, 2.75) is 71.2 Å². The summed E-state index contributed by atoms with van der Waals surface area (Å²) < 4.78 is 12.4. The fourth-order valence-corrected chi connectivity index (χ4v) is 8.81. The van der Waals surface area contributed by atoms with Crippen LogP contribution >= 0.6 is 46.4 Å². The molecule has 1 fully saturated rings. The molecule has 0 spiro atoms. The summed E-state index contributed by atoms with van der Waals surface area (Å²) in [5.74, 6) is 0.983. The first-order valence-electron chi connectivity index (χ1n) is 20.3. The van der Waals surface area contributed by atoms with E-state index in [-0.39, 0.29) is 50.2 Å². The first-order chi connectivity index (χ1) is 29.4. The highest BCUT2D eigenvalue weighted by atomic mass is 35.5. The molecule has 2 atom stereocenters. The monoisotopic (exact) mass is 900 g/mol. The first kappa shape index (κ1) is 44.4. The maximum absolute atomic E-state index is 13.5. The van der Waals surface area contributed by atoms with E-state index in [2.05, 4.69) is 20.6 Å². The van der Waals surface area contributed by atoms with Crippen molar-refractivity contribution in [3.05, 3.63) is 128 Å². The second-order valence-electron chi connectivity index (χ2n) is 15.4. The van der Waals surface area contributed by atoms with Gasteiger partial charge in [0.2, 0.25) is 11.8 Å². The summed E-state index contributed by atoms with van der Waals surface area (Å²) in [4.78, 5) is 39.3. The van der Waals surface area contributed by atoms with Gasteiger partial charge in [0.15, 0.2) is 0 Å². The molecule has 7 rings (SSSR count). The van der Waals surface area contributed by atoms with Crippen molar-refractivity contribution in [2.24, 2.45) is 0 Å². The van der Waals surface area contributed by atoms with E-state index < -0.39 is 0 Å². The molecule has 2 amide bonds. The lowest BCUT2D eigenvalue weighted by atomic mass is 10.1. The zero-order valence-electron chi connectivity index (χ0n) is 34.5. The third-order valence-corrected chi connectivity index (χ3v) is 12.8. The van der Waals surface area contributed by atoms with Gasteiger partial charge in [-0.05, 0) is 88.1 Å². The van der Waals surface area contributed by atoms with Crippen molar-refractivity contribution in [3.8, 4) is 11.5 Å². The fraction of sp³-hybridized carbons (Fsp3) is 0.319. The molecule has 1 saturated carbocycles. The van der Waals surface area contributed by atoms with Gasteiger partial charge in [-0.2, -0.15) is 0 Å². The molecule has 14 heteroatoms. The van der Waals surface area contributed by atoms with Crippen LogP contribution in [0.3, 0.4) is 0 Å². The van der Waals surface area contributed by atoms with Crippen LogP contribution in [0.2, 0.25) is 20.1 Å². The zero-order valence-corrected chi connectivity index (χ0v) is 37.6. The predicted molar refractivity (Wildman–Crippen MR) is 248 cm³/mol. The summed E-state index contributed by atoms with van der Waals surface area (Å²) >= 11 is 27.0. The number of aryl methyl sites for hydroxylation is 2. The summed E-state index contributed by atoms with van der Waals surface area (Å²) in [6.07, 6.45) is 4.47. The number of nitrogens with zero attached hydrogens (tertiary/aromatic N) is 4. The standard InChI is InChI=1S/C47H48Cl4N6O4/c1-28-14-16-30-8-5-12-40(46(30)54-28)60-26-34-36(48)20-22-38(44(34)50)56(3)42(58)24-52-32-10-7-11-33(19-18-32)53-25-43(59)57(4)39-23-21-37(49)35(45(39)51)27-61-41-13-6-9-31-17-15-29(2)55-47(31)41/h5-6,8-9,12-17,20-23,32-33,52-53H,7,10-11,18-19,24-27H2,1-4H3. The van der Waals surface area contributed by atoms with Crippen molar-refractivity contribution in [1.82, 2.24) is 20.6 Å². The number of hydrogen-bond donors (Lipinski definition) is 2. The van der Waals surface area contributed by atoms with Crippen molar-refractivity contribution in [1.29, 1.82) is 0 Å². The molecule has 61 heavy (non-hydrogen) atoms. The number of para-hydroxylation sites is 2. The summed E-state index contributed by atoms with van der Waals surface area (Å²) in [7, 11) is 3.41. The van der Waals surface area contributed by atoms with Crippen LogP contribution in [0.1, 0.15) is 54.6 Å². The summed E-state index contributed by atoms with van der Waals surface area (Å²) in [6, 6.07) is 26.7. The second kappa shape index (κ2) is 20.0. The number of fused-ring (bicyclic) bond motifs is 2. The number of carbonyl (C=O) groups is 2. The van der Waals surface area contributed by atoms with E-state index in [1.54, 1.807) is 48.2 Å². The average molecular weight is 903 g/mol. The molecule has 2 aromatic heterocycles. The lowest BCUT2D eigenvalue weighted by molar-refractivity contribution is -0.118. The number of nitrogens with one attached hydrogen (secondary N) is 2. The molecule has 0 saturated heterocycles. The van der Waals surface area contributed by atoms with Crippen LogP contribution in [-0.4, -0.2) is 61.1 Å². The van der Waals surface area contributed by atoms with Crippen molar-refractivity contribution < 1.29 is 19.1 Å². The van der Waals surface area contributed by atoms with Crippen LogP contribution in [0.25, 0.3) is 21.8 Å². The number of likely N-dealkylation sites (N-methyl/N-ethyl adjacent to an activating group) is 2. The molecule has 6 aromatic rings. The molecule has 2 heterocycles. The fourth-order valence-electron chi connectivity index (χ4n) is 7.60. The Bertz CT molecular complexity index is 2400. The maximum Gasteiger partial charge on any atom is 0.240 e. The number of hydrogen-bond acceptors (Lipinski definition) is 8. The number of benzene rings is 4. The van der Waals surface area contributed by atoms with Gasteiger partial charge in [-0.1, -0.05) is 89.2 Å². The molecule has 2 N–H and O–H groups in total. The molecular weight excluding hydrogens is 854 g/mol. The Labute approximate surface area is 376 Å². The van der Waals surface area contributed by atoms with Crippen LogP contribution in [0.4, 0.5) is 11.4 Å². The van der Waals surface area contributed by atoms with E-state index in [0.717, 1.165) is 65.3 Å². The van der Waals surface area contributed by atoms with Gasteiger partial charge in [-0.3, -0.25) is 9.59 Å². The Kier molecular flexibility index (Phi) is 14.6. The smallest absolute Gasteiger partial charge is 0.240 e. The van der Waals surface area contributed by atoms with Crippen molar-refractivity contribution in [3.63, 3.8) is 0 Å². The molecule has 1 aliphatic rings. The highest BCUT2D eigenvalue weighted by Gasteiger charge is 2.24. The Morgan fingerprint density at radius 1 is 0.607 bits per heavy atom. The Hall–Kier alpha value is -4.68. The van der Waals surface area contributed by atoms with E-state index in [0.29, 0.717) is 54.1 Å². The quantitative estimate of drug-likeness (QED) is 0.104. The van der Waals surface area contributed by atoms with Crippen molar-refractivity contribution in [2.75, 3.05) is 37.0 Å². The van der Waals surface area contributed by atoms with Crippen LogP contribution in [-0.2, 0) is 22.8 Å². The molecule has 318 valence electrons. The second-order valence-corrected chi connectivity index (χ2v) is 17.0. The molecule has 4 aromatic carbocycles. The normalized spacial score (nSPS) is 15.4. The minimum absolute atomic E-state index is 0.107. The third kappa shape index (κ3) is 10.5. The molecule has 0 aliphatic heterocycles. The van der Waals surface area contributed by atoms with E-state index in [1.165, 1.54) is 0 Å². The van der Waals surface area contributed by atoms with Gasteiger partial charge < -0.3 is 29.9 Å². The van der Waals surface area contributed by atoms with Crippen LogP contribution < -0.4 is 29.9 Å². The number of carbonyl (C=O) groups excluding carboxylic acids is 2. The van der Waals surface area contributed by atoms with Gasteiger partial charge in [-0.15, -0.1) is 0 Å². The number of amides is 2. The summed E-state index contributed by atoms with van der Waals surface area (Å²) in [6.45, 7) is 4.37. The molecule has 1 aliphatic carbocycles. The Balaban J connectivity index is 0.890. The van der Waals surface area contributed by atoms with Gasteiger partial charge in [0, 0.05) is 69.5 Å². The van der Waals surface area contributed by atoms with E-state index in [4.69, 9.17) is 55.9 Å². The van der Waals surface area contributed by atoms with Crippen LogP contribution in [0.5, 0.6) is 11.5 Å². The Morgan fingerprint density at radius 2 is 1.03 bits per heavy atom. The number of rotatable bonds is 14. The van der Waals surface area contributed by atoms with Crippen LogP contribution in [0, 0.1) is 13.8 Å². The maximum atomic E-state index is 13.5. The number of aromatic nitrogens is 2. The predicted octanol–water partition coefficient (Wildman–Crippen LogP) is 10.7. The lowest BCUT2D eigenvalue weighted by Gasteiger charge is -2.24. The van der Waals surface area contributed by atoms with Gasteiger partial charge in [0.1, 0.15) is 35.7 Å². The minimum Gasteiger partial charge on any atom is -0.487 e. The zero-order chi connectivity index (χ0) is 43.2. The first-order valence-corrected chi connectivity index (χ1v) is 21.8. The minimum atomic E-state index is -0.131. The van der Waals surface area contributed by atoms with E-state index >= 15 is 0 Å². The topological polar surface area (TPSA) is 109 Å². The Morgan fingerprint density at radius 3 is 1.46 bits per heavy atom. The van der Waals surface area contributed by atoms with Crippen molar-refractivity contribution >= 4 is 91.4 Å². The molecular formula is C47H48Cl4N6O4. The molecule has 10 nitrogen and oxygen atoms in total.